The number of aromatic nitrogens is 3. The molecule has 0 unspecified atom stereocenters. The second kappa shape index (κ2) is 9.68. The maximum Gasteiger partial charge on any atom is 0.277 e. The lowest BCUT2D eigenvalue weighted by molar-refractivity contribution is -0.113. The van der Waals surface area contributed by atoms with E-state index in [1.807, 2.05) is 30.3 Å². The van der Waals surface area contributed by atoms with E-state index in [0.717, 1.165) is 48.6 Å². The van der Waals surface area contributed by atoms with Crippen molar-refractivity contribution in [1.29, 1.82) is 0 Å². The van der Waals surface area contributed by atoms with Crippen LogP contribution in [0, 0.1) is 0 Å². The SMILES string of the molecule is O=C(CSc1nnc(-c2ccncc2)o1)Nc1sc2c(c1C(=O)c1ccccc1)CCCC2. The third kappa shape index (κ3) is 4.74. The van der Waals surface area contributed by atoms with Crippen LogP contribution in [0.4, 0.5) is 5.00 Å². The van der Waals surface area contributed by atoms with Gasteiger partial charge in [0.25, 0.3) is 5.22 Å². The summed E-state index contributed by atoms with van der Waals surface area (Å²) in [5.74, 6) is 0.211. The number of pyridine rings is 1. The largest absolute Gasteiger partial charge is 0.411 e. The van der Waals surface area contributed by atoms with Crippen LogP contribution in [0.25, 0.3) is 11.5 Å². The number of benzene rings is 1. The lowest BCUT2D eigenvalue weighted by atomic mass is 9.92. The third-order valence-electron chi connectivity index (χ3n) is 5.35. The first-order chi connectivity index (χ1) is 16.2. The Morgan fingerprint density at radius 3 is 2.64 bits per heavy atom. The van der Waals surface area contributed by atoms with Crippen LogP contribution in [-0.4, -0.2) is 32.6 Å². The first-order valence-electron chi connectivity index (χ1n) is 10.6. The molecule has 1 N–H and O–H groups in total. The summed E-state index contributed by atoms with van der Waals surface area (Å²) < 4.78 is 5.64. The van der Waals surface area contributed by atoms with Crippen molar-refractivity contribution in [2.24, 2.45) is 0 Å². The Labute approximate surface area is 198 Å². The molecule has 0 spiro atoms. The van der Waals surface area contributed by atoms with Gasteiger partial charge in [0, 0.05) is 28.4 Å². The average Bonchev–Trinajstić information content (AvgIpc) is 3.48. The summed E-state index contributed by atoms with van der Waals surface area (Å²) in [6.45, 7) is 0. The molecule has 3 heterocycles. The first-order valence-corrected chi connectivity index (χ1v) is 12.4. The molecule has 166 valence electrons. The summed E-state index contributed by atoms with van der Waals surface area (Å²) in [6.07, 6.45) is 7.26. The molecule has 1 aliphatic rings. The number of amides is 1. The summed E-state index contributed by atoms with van der Waals surface area (Å²) in [5, 5.41) is 11.9. The Hall–Kier alpha value is -3.30. The highest BCUT2D eigenvalue weighted by molar-refractivity contribution is 7.99. The van der Waals surface area contributed by atoms with Crippen molar-refractivity contribution in [3.05, 3.63) is 76.4 Å². The van der Waals surface area contributed by atoms with E-state index in [1.165, 1.54) is 16.2 Å². The van der Waals surface area contributed by atoms with Gasteiger partial charge in [0.1, 0.15) is 5.00 Å². The Balaban J connectivity index is 1.31. The molecule has 9 heteroatoms. The number of hydrogen-bond donors (Lipinski definition) is 1. The Kier molecular flexibility index (Phi) is 6.32. The van der Waals surface area contributed by atoms with Gasteiger partial charge in [0.05, 0.1) is 11.3 Å². The van der Waals surface area contributed by atoms with E-state index >= 15 is 0 Å². The van der Waals surface area contributed by atoms with E-state index in [4.69, 9.17) is 4.42 Å². The van der Waals surface area contributed by atoms with Crippen molar-refractivity contribution in [2.45, 2.75) is 30.9 Å². The van der Waals surface area contributed by atoms with Gasteiger partial charge in [-0.3, -0.25) is 14.6 Å². The molecular weight excluding hydrogens is 456 g/mol. The molecule has 3 aromatic heterocycles. The van der Waals surface area contributed by atoms with Gasteiger partial charge in [-0.05, 0) is 43.4 Å². The predicted molar refractivity (Wildman–Crippen MR) is 128 cm³/mol. The van der Waals surface area contributed by atoms with Crippen molar-refractivity contribution < 1.29 is 14.0 Å². The van der Waals surface area contributed by atoms with Gasteiger partial charge in [0.2, 0.25) is 11.8 Å². The topological polar surface area (TPSA) is 98.0 Å². The normalized spacial score (nSPS) is 12.8. The number of ketones is 1. The number of anilines is 1. The first kappa shape index (κ1) is 21.5. The maximum absolute atomic E-state index is 13.3. The van der Waals surface area contributed by atoms with Gasteiger partial charge in [-0.2, -0.15) is 0 Å². The lowest BCUT2D eigenvalue weighted by Crippen LogP contribution is -2.16. The second-order valence-electron chi connectivity index (χ2n) is 7.56. The van der Waals surface area contributed by atoms with E-state index in [-0.39, 0.29) is 17.4 Å². The zero-order valence-corrected chi connectivity index (χ0v) is 19.2. The summed E-state index contributed by atoms with van der Waals surface area (Å²) >= 11 is 2.68. The van der Waals surface area contributed by atoms with Crippen LogP contribution in [0.3, 0.4) is 0 Å². The fourth-order valence-electron chi connectivity index (χ4n) is 3.80. The molecule has 1 aromatic carbocycles. The Bertz CT molecular complexity index is 1290. The van der Waals surface area contributed by atoms with Crippen LogP contribution in [0.2, 0.25) is 0 Å². The van der Waals surface area contributed by atoms with Gasteiger partial charge in [0.15, 0.2) is 5.78 Å². The monoisotopic (exact) mass is 476 g/mol. The van der Waals surface area contributed by atoms with Gasteiger partial charge in [-0.1, -0.05) is 42.1 Å². The zero-order chi connectivity index (χ0) is 22.6. The van der Waals surface area contributed by atoms with E-state index in [1.54, 1.807) is 24.5 Å². The van der Waals surface area contributed by atoms with Crippen molar-refractivity contribution in [2.75, 3.05) is 11.1 Å². The number of carbonyl (C=O) groups excluding carboxylic acids is 2. The Morgan fingerprint density at radius 1 is 1.03 bits per heavy atom. The number of aryl methyl sites for hydroxylation is 1. The predicted octanol–water partition coefficient (Wildman–Crippen LogP) is 5.03. The molecule has 5 rings (SSSR count). The number of thioether (sulfide) groups is 1. The highest BCUT2D eigenvalue weighted by atomic mass is 32.2. The highest BCUT2D eigenvalue weighted by Crippen LogP contribution is 2.39. The number of fused-ring (bicyclic) bond motifs is 1. The molecule has 0 radical (unpaired) electrons. The highest BCUT2D eigenvalue weighted by Gasteiger charge is 2.27. The molecule has 7 nitrogen and oxygen atoms in total. The van der Waals surface area contributed by atoms with E-state index in [9.17, 15) is 9.59 Å². The molecule has 0 saturated carbocycles. The molecule has 0 aliphatic heterocycles. The summed E-state index contributed by atoms with van der Waals surface area (Å²) in [6, 6.07) is 12.8. The van der Waals surface area contributed by atoms with Crippen LogP contribution in [-0.2, 0) is 17.6 Å². The van der Waals surface area contributed by atoms with Gasteiger partial charge in [-0.15, -0.1) is 21.5 Å². The molecule has 1 aliphatic carbocycles. The van der Waals surface area contributed by atoms with E-state index in [0.29, 0.717) is 27.2 Å². The van der Waals surface area contributed by atoms with Gasteiger partial charge >= 0.3 is 0 Å². The minimum absolute atomic E-state index is 0.0446. The standard InChI is InChI=1S/C24H20N4O3S2/c29-19(14-32-24-28-27-22(31-24)16-10-12-25-13-11-16)26-23-20(17-8-4-5-9-18(17)33-23)21(30)15-6-2-1-3-7-15/h1-3,6-7,10-13H,4-5,8-9,14H2,(H,26,29). The molecule has 0 atom stereocenters. The zero-order valence-electron chi connectivity index (χ0n) is 17.6. The smallest absolute Gasteiger partial charge is 0.277 e. The van der Waals surface area contributed by atoms with Crippen LogP contribution >= 0.6 is 23.1 Å². The number of nitrogens with zero attached hydrogens (tertiary/aromatic N) is 3. The van der Waals surface area contributed by atoms with Gasteiger partial charge < -0.3 is 9.73 Å². The number of rotatable bonds is 7. The average molecular weight is 477 g/mol. The lowest BCUT2D eigenvalue weighted by Gasteiger charge is -2.12. The number of nitrogens with one attached hydrogen (secondary N) is 1. The van der Waals surface area contributed by atoms with Gasteiger partial charge in [-0.25, -0.2) is 0 Å². The minimum Gasteiger partial charge on any atom is -0.411 e. The van der Waals surface area contributed by atoms with Crippen molar-refractivity contribution in [3.63, 3.8) is 0 Å². The molecule has 0 fully saturated rings. The molecule has 1 amide bonds. The van der Waals surface area contributed by atoms with Crippen molar-refractivity contribution >= 4 is 39.8 Å². The van der Waals surface area contributed by atoms with Crippen LogP contribution < -0.4 is 5.32 Å². The second-order valence-corrected chi connectivity index (χ2v) is 9.59. The molecule has 33 heavy (non-hydrogen) atoms. The van der Waals surface area contributed by atoms with Crippen molar-refractivity contribution in [3.8, 4) is 11.5 Å². The number of carbonyl (C=O) groups is 2. The van der Waals surface area contributed by atoms with Crippen LogP contribution in [0.5, 0.6) is 0 Å². The summed E-state index contributed by atoms with van der Waals surface area (Å²) in [4.78, 5) is 31.2. The molecular formula is C24H20N4O3S2. The number of thiophene rings is 1. The number of hydrogen-bond acceptors (Lipinski definition) is 8. The third-order valence-corrected chi connectivity index (χ3v) is 7.37. The molecule has 0 saturated heterocycles. The quantitative estimate of drug-likeness (QED) is 0.295. The maximum atomic E-state index is 13.3. The molecule has 4 aromatic rings. The van der Waals surface area contributed by atoms with Crippen LogP contribution in [0.15, 0.2) is 64.5 Å². The minimum atomic E-state index is -0.218. The molecule has 0 bridgehead atoms. The summed E-state index contributed by atoms with van der Waals surface area (Å²) in [7, 11) is 0. The Morgan fingerprint density at radius 2 is 1.82 bits per heavy atom. The fraction of sp³-hybridized carbons (Fsp3) is 0.208. The fourth-order valence-corrected chi connectivity index (χ4v) is 5.66. The summed E-state index contributed by atoms with van der Waals surface area (Å²) in [5.41, 5.74) is 3.11. The van der Waals surface area contributed by atoms with Crippen molar-refractivity contribution in [1.82, 2.24) is 15.2 Å². The van der Waals surface area contributed by atoms with E-state index < -0.39 is 0 Å². The van der Waals surface area contributed by atoms with E-state index in [2.05, 4.69) is 20.5 Å². The van der Waals surface area contributed by atoms with Crippen LogP contribution in [0.1, 0.15) is 39.2 Å².